The molecule has 0 spiro atoms. The summed E-state index contributed by atoms with van der Waals surface area (Å²) in [5.74, 6) is -2.63. The van der Waals surface area contributed by atoms with Crippen LogP contribution in [0.2, 0.25) is 5.02 Å². The van der Waals surface area contributed by atoms with Gasteiger partial charge in [0, 0.05) is 28.2 Å². The molecule has 1 aliphatic heterocycles. The van der Waals surface area contributed by atoms with Crippen molar-refractivity contribution in [2.45, 2.75) is 20.0 Å². The molecule has 0 bridgehead atoms. The van der Waals surface area contributed by atoms with E-state index in [2.05, 4.69) is 15.6 Å². The molecule has 0 atom stereocenters. The highest BCUT2D eigenvalue weighted by atomic mass is 35.5. The van der Waals surface area contributed by atoms with E-state index in [9.17, 15) is 37.5 Å². The number of anilines is 2. The summed E-state index contributed by atoms with van der Waals surface area (Å²) in [6.45, 7) is 3.23. The zero-order chi connectivity index (χ0) is 27.9. The maximum absolute atomic E-state index is 13.0. The Kier molecular flexibility index (Phi) is 6.77. The fraction of sp³-hybridized carbons (Fsp3) is 0.120. The Morgan fingerprint density at radius 3 is 2.42 bits per heavy atom. The number of hydrogen-bond acceptors (Lipinski definition) is 4. The molecular weight excluding hydrogens is 529 g/mol. The zero-order valence-corrected chi connectivity index (χ0v) is 20.4. The summed E-state index contributed by atoms with van der Waals surface area (Å²) in [5, 5.41) is 15.7. The van der Waals surface area contributed by atoms with Gasteiger partial charge in [-0.2, -0.15) is 13.2 Å². The van der Waals surface area contributed by atoms with E-state index in [1.54, 1.807) is 13.8 Å². The maximum atomic E-state index is 13.0. The molecule has 0 fully saturated rings. The number of carbonyl (C=O) groups excluding carboxylic acids is 3. The lowest BCUT2D eigenvalue weighted by atomic mass is 10.0. The number of hydrogen-bond donors (Lipinski definition) is 5. The van der Waals surface area contributed by atoms with Gasteiger partial charge in [0.05, 0.1) is 27.4 Å². The number of aromatic nitrogens is 1. The molecule has 5 N–H and O–H groups in total. The molecule has 9 nitrogen and oxygen atoms in total. The fourth-order valence-corrected chi connectivity index (χ4v) is 4.25. The topological polar surface area (TPSA) is 140 Å². The van der Waals surface area contributed by atoms with Gasteiger partial charge in [-0.25, -0.2) is 9.59 Å². The summed E-state index contributed by atoms with van der Waals surface area (Å²) < 4.78 is 39.1. The number of fused-ring (bicyclic) bond motifs is 1. The highest BCUT2D eigenvalue weighted by molar-refractivity contribution is 6.35. The van der Waals surface area contributed by atoms with Crippen LogP contribution in [-0.2, 0) is 11.0 Å². The predicted octanol–water partition coefficient (Wildman–Crippen LogP) is 5.46. The summed E-state index contributed by atoms with van der Waals surface area (Å²) >= 11 is 5.55. The number of carbonyl (C=O) groups is 4. The average molecular weight is 547 g/mol. The summed E-state index contributed by atoms with van der Waals surface area (Å²) in [4.78, 5) is 51.6. The molecule has 4 rings (SSSR count). The highest BCUT2D eigenvalue weighted by Crippen LogP contribution is 2.36. The van der Waals surface area contributed by atoms with E-state index in [0.29, 0.717) is 34.3 Å². The van der Waals surface area contributed by atoms with Gasteiger partial charge in [-0.15, -0.1) is 0 Å². The number of carboxylic acids is 1. The van der Waals surface area contributed by atoms with Crippen molar-refractivity contribution in [3.05, 3.63) is 80.6 Å². The Balaban J connectivity index is 1.51. The molecule has 2 heterocycles. The molecule has 0 aliphatic carbocycles. The van der Waals surface area contributed by atoms with Gasteiger partial charge >= 0.3 is 18.2 Å². The van der Waals surface area contributed by atoms with Gasteiger partial charge in [-0.3, -0.25) is 14.9 Å². The van der Waals surface area contributed by atoms with E-state index in [4.69, 9.17) is 11.6 Å². The number of aromatic amines is 1. The van der Waals surface area contributed by atoms with E-state index in [1.807, 2.05) is 5.32 Å². The first-order valence-corrected chi connectivity index (χ1v) is 11.2. The minimum absolute atomic E-state index is 0.115. The first-order chi connectivity index (χ1) is 17.8. The molecule has 38 heavy (non-hydrogen) atoms. The molecular formula is C25H18ClF3N4O5. The van der Waals surface area contributed by atoms with Crippen molar-refractivity contribution >= 4 is 58.4 Å². The van der Waals surface area contributed by atoms with E-state index in [0.717, 1.165) is 12.1 Å². The second-order valence-corrected chi connectivity index (χ2v) is 8.75. The van der Waals surface area contributed by atoms with Crippen LogP contribution in [0.3, 0.4) is 0 Å². The Hall–Kier alpha value is -4.58. The van der Waals surface area contributed by atoms with Crippen molar-refractivity contribution in [3.8, 4) is 0 Å². The summed E-state index contributed by atoms with van der Waals surface area (Å²) in [6.07, 6.45) is -3.26. The third-order valence-electron chi connectivity index (χ3n) is 5.80. The highest BCUT2D eigenvalue weighted by Gasteiger charge is 2.34. The second kappa shape index (κ2) is 9.71. The number of halogens is 4. The average Bonchev–Trinajstić information content (AvgIpc) is 3.27. The number of aryl methyl sites for hydroxylation is 1. The molecule has 196 valence electrons. The summed E-state index contributed by atoms with van der Waals surface area (Å²) in [6, 6.07) is 5.90. The summed E-state index contributed by atoms with van der Waals surface area (Å²) in [5.41, 5.74) is 1.11. The van der Waals surface area contributed by atoms with Crippen LogP contribution in [0.4, 0.5) is 29.3 Å². The minimum Gasteiger partial charge on any atom is -0.478 e. The minimum atomic E-state index is -4.78. The van der Waals surface area contributed by atoms with Crippen molar-refractivity contribution in [1.29, 1.82) is 0 Å². The number of urea groups is 1. The van der Waals surface area contributed by atoms with Gasteiger partial charge < -0.3 is 20.7 Å². The molecule has 2 aromatic carbocycles. The largest absolute Gasteiger partial charge is 0.478 e. The molecule has 0 saturated heterocycles. The van der Waals surface area contributed by atoms with Crippen molar-refractivity contribution in [2.75, 3.05) is 10.6 Å². The van der Waals surface area contributed by atoms with Crippen molar-refractivity contribution < 1.29 is 37.5 Å². The van der Waals surface area contributed by atoms with E-state index in [-0.39, 0.29) is 16.8 Å². The van der Waals surface area contributed by atoms with E-state index in [1.165, 1.54) is 24.3 Å². The third kappa shape index (κ3) is 5.11. The number of rotatable bonds is 4. The number of imide groups is 1. The SMILES string of the molecule is Cc1[nH]c(/C=C2\C(=O)Nc3cc(NC(=O)NC(=O)c4ccc(Cl)c(C(F)(F)F)c4)ccc32)c(C)c1C(=O)O. The number of amides is 4. The van der Waals surface area contributed by atoms with Crippen LogP contribution >= 0.6 is 11.6 Å². The van der Waals surface area contributed by atoms with Crippen LogP contribution < -0.4 is 16.0 Å². The Bertz CT molecular complexity index is 1560. The first kappa shape index (κ1) is 26.5. The molecule has 0 radical (unpaired) electrons. The monoisotopic (exact) mass is 546 g/mol. The standard InChI is InChI=1S/C25H18ClF3N4O5/c1-10-18(30-11(2)20(10)23(36)37)9-15-14-5-4-13(8-19(14)32-22(15)35)31-24(38)33-21(34)12-3-6-17(26)16(7-12)25(27,28)29/h3-9,30H,1-2H3,(H,32,35)(H,36,37)(H2,31,33,34,38)/b15-9-. The van der Waals surface area contributed by atoms with Crippen LogP contribution in [0.1, 0.15) is 48.8 Å². The van der Waals surface area contributed by atoms with Crippen molar-refractivity contribution in [1.82, 2.24) is 10.3 Å². The molecule has 0 unspecified atom stereocenters. The predicted molar refractivity (Wildman–Crippen MR) is 133 cm³/mol. The zero-order valence-electron chi connectivity index (χ0n) is 19.6. The quantitative estimate of drug-likeness (QED) is 0.277. The number of carboxylic acid groups (broad SMARTS) is 1. The second-order valence-electron chi connectivity index (χ2n) is 8.34. The van der Waals surface area contributed by atoms with Crippen molar-refractivity contribution in [2.24, 2.45) is 0 Å². The molecule has 4 amide bonds. The fourth-order valence-electron chi connectivity index (χ4n) is 4.02. The lowest BCUT2D eigenvalue weighted by Crippen LogP contribution is -2.34. The maximum Gasteiger partial charge on any atom is 0.417 e. The van der Waals surface area contributed by atoms with Crippen LogP contribution in [0.5, 0.6) is 0 Å². The van der Waals surface area contributed by atoms with E-state index < -0.39 is 46.1 Å². The molecule has 3 aromatic rings. The number of H-pyrrole nitrogens is 1. The molecule has 1 aliphatic rings. The first-order valence-electron chi connectivity index (χ1n) is 10.8. The number of nitrogens with one attached hydrogen (secondary N) is 4. The van der Waals surface area contributed by atoms with Gasteiger partial charge in [-0.1, -0.05) is 17.7 Å². The third-order valence-corrected chi connectivity index (χ3v) is 6.13. The Morgan fingerprint density at radius 2 is 1.79 bits per heavy atom. The van der Waals surface area contributed by atoms with Gasteiger partial charge in [0.1, 0.15) is 0 Å². The van der Waals surface area contributed by atoms with Crippen LogP contribution in [0.25, 0.3) is 11.6 Å². The normalized spacial score (nSPS) is 13.7. The van der Waals surface area contributed by atoms with Gasteiger partial charge in [-0.05, 0) is 55.8 Å². The summed E-state index contributed by atoms with van der Waals surface area (Å²) in [7, 11) is 0. The molecule has 1 aromatic heterocycles. The van der Waals surface area contributed by atoms with Crippen LogP contribution in [0.15, 0.2) is 36.4 Å². The molecule has 13 heteroatoms. The van der Waals surface area contributed by atoms with Crippen LogP contribution in [0, 0.1) is 13.8 Å². The Morgan fingerprint density at radius 1 is 1.08 bits per heavy atom. The lowest BCUT2D eigenvalue weighted by molar-refractivity contribution is -0.137. The lowest BCUT2D eigenvalue weighted by Gasteiger charge is -2.11. The van der Waals surface area contributed by atoms with E-state index >= 15 is 0 Å². The van der Waals surface area contributed by atoms with Gasteiger partial charge in [0.2, 0.25) is 0 Å². The van der Waals surface area contributed by atoms with Crippen LogP contribution in [-0.4, -0.2) is 33.9 Å². The smallest absolute Gasteiger partial charge is 0.417 e. The van der Waals surface area contributed by atoms with Crippen molar-refractivity contribution in [3.63, 3.8) is 0 Å². The molecule has 0 saturated carbocycles. The van der Waals surface area contributed by atoms with Gasteiger partial charge in [0.25, 0.3) is 11.8 Å². The van der Waals surface area contributed by atoms with Gasteiger partial charge in [0.15, 0.2) is 0 Å². The number of benzene rings is 2. The number of alkyl halides is 3. The number of aromatic carboxylic acids is 1. The Labute approximate surface area is 217 Å².